The average molecular weight is 879 g/mol. The van der Waals surface area contributed by atoms with Gasteiger partial charge in [0.1, 0.15) is 128 Å². The van der Waals surface area contributed by atoms with E-state index in [1.165, 1.54) is 0 Å². The molecule has 0 spiro atoms. The zero-order valence-electron chi connectivity index (χ0n) is 30.8. The second-order valence-electron chi connectivity index (χ2n) is 12.4. The third-order valence-corrected chi connectivity index (χ3v) is 7.80. The minimum absolute atomic E-state index is 0.641. The highest BCUT2D eigenvalue weighted by molar-refractivity contribution is 4.98. The van der Waals surface area contributed by atoms with Crippen LogP contribution in [0.2, 0.25) is 0 Å². The standard InChI is InChI=1S/C6H12O6.3C6H14O6.C5H12O5/c7-1-2(8)4(10)6(12)5(11)3(1)9;3*7-1-3(9)5(11)6(12)4(10)2-8;6-1-3(8)5(10)4(9)2-7/h1-12H;3*3-12H,1-2H2;3-10H,1-2H2/t;3-,4+,5+,6-;3-,4-,5+,6+;3-,4-,5-,6-;3-,4+,5?/m..01./s1. The van der Waals surface area contributed by atoms with E-state index in [9.17, 15) is 0 Å². The van der Waals surface area contributed by atoms with Gasteiger partial charge < -0.3 is 148 Å². The van der Waals surface area contributed by atoms with Gasteiger partial charge in [0.05, 0.1) is 52.9 Å². The van der Waals surface area contributed by atoms with E-state index in [1.807, 2.05) is 0 Å². The van der Waals surface area contributed by atoms with Crippen molar-refractivity contribution >= 4 is 0 Å². The van der Waals surface area contributed by atoms with Gasteiger partial charge in [-0.3, -0.25) is 0 Å². The lowest BCUT2D eigenvalue weighted by atomic mass is 9.85. The Balaban J connectivity index is -0.000000315. The largest absolute Gasteiger partial charge is 0.394 e. The summed E-state index contributed by atoms with van der Waals surface area (Å²) in [5, 5.41) is 253. The van der Waals surface area contributed by atoms with Crippen molar-refractivity contribution in [1.29, 1.82) is 0 Å². The van der Waals surface area contributed by atoms with E-state index in [-0.39, 0.29) is 0 Å². The molecule has 0 aromatic carbocycles. The molecule has 58 heavy (non-hydrogen) atoms. The predicted molar refractivity (Wildman–Crippen MR) is 183 cm³/mol. The van der Waals surface area contributed by atoms with E-state index in [2.05, 4.69) is 0 Å². The maximum absolute atomic E-state index is 8.97. The highest BCUT2D eigenvalue weighted by atomic mass is 16.4. The van der Waals surface area contributed by atoms with Crippen LogP contribution in [0.3, 0.4) is 0 Å². The van der Waals surface area contributed by atoms with Crippen LogP contribution in [0.4, 0.5) is 0 Å². The van der Waals surface area contributed by atoms with Crippen molar-refractivity contribution in [3.8, 4) is 0 Å². The number of hydrogen-bond acceptors (Lipinski definition) is 29. The van der Waals surface area contributed by atoms with Gasteiger partial charge >= 0.3 is 0 Å². The van der Waals surface area contributed by atoms with Crippen LogP contribution in [0, 0.1) is 0 Å². The lowest BCUT2D eigenvalue weighted by molar-refractivity contribution is -0.223. The van der Waals surface area contributed by atoms with Crippen molar-refractivity contribution in [1.82, 2.24) is 0 Å². The molecule has 0 aromatic heterocycles. The van der Waals surface area contributed by atoms with Gasteiger partial charge in [0.25, 0.3) is 0 Å². The summed E-state index contributed by atoms with van der Waals surface area (Å²) in [5.41, 5.74) is 0. The quantitative estimate of drug-likeness (QED) is 0.0573. The molecule has 0 aliphatic heterocycles. The topological polar surface area (TPSA) is 587 Å². The predicted octanol–water partition coefficient (Wildman–Crippen LogP) is -17.5. The van der Waals surface area contributed by atoms with E-state index in [0.717, 1.165) is 0 Å². The zero-order valence-corrected chi connectivity index (χ0v) is 30.8. The monoisotopic (exact) mass is 878 g/mol. The summed E-state index contributed by atoms with van der Waals surface area (Å²) in [6.07, 6.45) is -33.3. The maximum Gasteiger partial charge on any atom is 0.111 e. The number of hydrogen-bond donors (Lipinski definition) is 29. The molecular formula is C29H66O29. The summed E-state index contributed by atoms with van der Waals surface area (Å²) in [6, 6.07) is 0. The molecule has 29 nitrogen and oxygen atoms in total. The summed E-state index contributed by atoms with van der Waals surface area (Å²) in [4.78, 5) is 0. The first-order valence-electron chi connectivity index (χ1n) is 16.9. The van der Waals surface area contributed by atoms with Crippen LogP contribution in [-0.2, 0) is 0 Å². The van der Waals surface area contributed by atoms with Gasteiger partial charge in [-0.25, -0.2) is 0 Å². The highest BCUT2D eigenvalue weighted by Gasteiger charge is 2.47. The molecule has 29 N–H and O–H groups in total. The van der Waals surface area contributed by atoms with Gasteiger partial charge in [0.15, 0.2) is 0 Å². The fraction of sp³-hybridized carbons (Fsp3) is 1.00. The molecule has 15 atom stereocenters. The second-order valence-corrected chi connectivity index (χ2v) is 12.4. The fourth-order valence-corrected chi connectivity index (χ4v) is 3.70. The van der Waals surface area contributed by atoms with Crippen LogP contribution in [0.25, 0.3) is 0 Å². The third-order valence-electron chi connectivity index (χ3n) is 7.80. The highest BCUT2D eigenvalue weighted by Crippen LogP contribution is 2.21. The van der Waals surface area contributed by atoms with Crippen LogP contribution in [0.5, 0.6) is 0 Å². The van der Waals surface area contributed by atoms with Crippen LogP contribution in [0.1, 0.15) is 0 Å². The van der Waals surface area contributed by atoms with Crippen LogP contribution < -0.4 is 0 Å². The molecule has 1 unspecified atom stereocenters. The van der Waals surface area contributed by atoms with Crippen LogP contribution >= 0.6 is 0 Å². The number of rotatable bonds is 19. The molecule has 1 aliphatic carbocycles. The fourth-order valence-electron chi connectivity index (χ4n) is 3.70. The van der Waals surface area contributed by atoms with E-state index in [1.54, 1.807) is 0 Å². The molecule has 0 aromatic rings. The number of aliphatic hydroxyl groups is 29. The molecule has 29 heteroatoms. The van der Waals surface area contributed by atoms with Gasteiger partial charge in [0.2, 0.25) is 0 Å². The molecule has 0 amide bonds. The Morgan fingerprint density at radius 3 is 0.362 bits per heavy atom. The van der Waals surface area contributed by atoms with Crippen molar-refractivity contribution in [2.24, 2.45) is 0 Å². The summed E-state index contributed by atoms with van der Waals surface area (Å²) in [7, 11) is 0. The average Bonchev–Trinajstić information content (AvgIpc) is 3.25. The Labute approximate surface area is 329 Å². The molecule has 0 saturated heterocycles. The molecular weight excluding hydrogens is 812 g/mol. The molecule has 356 valence electrons. The smallest absolute Gasteiger partial charge is 0.111 e. The molecule has 0 radical (unpaired) electrons. The Hall–Kier alpha value is -1.16. The van der Waals surface area contributed by atoms with Gasteiger partial charge in [-0.2, -0.15) is 0 Å². The Morgan fingerprint density at radius 1 is 0.190 bits per heavy atom. The van der Waals surface area contributed by atoms with Crippen molar-refractivity contribution in [3.63, 3.8) is 0 Å². The van der Waals surface area contributed by atoms with Gasteiger partial charge in [-0.1, -0.05) is 0 Å². The van der Waals surface area contributed by atoms with E-state index < -0.39 is 181 Å². The Bertz CT molecular complexity index is 738. The minimum Gasteiger partial charge on any atom is -0.394 e. The van der Waals surface area contributed by atoms with Crippen molar-refractivity contribution in [2.45, 2.75) is 128 Å². The molecule has 1 aliphatic rings. The van der Waals surface area contributed by atoms with Crippen molar-refractivity contribution in [2.75, 3.05) is 52.9 Å². The van der Waals surface area contributed by atoms with E-state index >= 15 is 0 Å². The van der Waals surface area contributed by atoms with Gasteiger partial charge in [-0.05, 0) is 0 Å². The molecule has 1 rings (SSSR count). The van der Waals surface area contributed by atoms with Crippen molar-refractivity contribution < 1.29 is 148 Å². The molecule has 1 saturated carbocycles. The van der Waals surface area contributed by atoms with Crippen LogP contribution in [-0.4, -0.2) is 329 Å². The number of aliphatic hydroxyl groups excluding tert-OH is 29. The lowest BCUT2D eigenvalue weighted by Crippen LogP contribution is -2.63. The first-order valence-corrected chi connectivity index (χ1v) is 16.9. The first kappa shape index (κ1) is 63.5. The second kappa shape index (κ2) is 34.4. The van der Waals surface area contributed by atoms with Crippen LogP contribution in [0.15, 0.2) is 0 Å². The van der Waals surface area contributed by atoms with Crippen molar-refractivity contribution in [3.05, 3.63) is 0 Å². The lowest BCUT2D eigenvalue weighted by Gasteiger charge is -2.39. The SMILES string of the molecule is OC1C(O)C(O)C(O)C(O)C1O.OC[C@@H](O)C(O)[C@@H](O)CO.OC[C@@H](O)[C@@H](O)[C@H](O)[C@H](O)CO.OC[C@@H](O)[C@H](O)[C@H](O)[C@@H](O)CO.OC[C@H](O)[C@@H](O)[C@H](O)[C@@H](O)CO. The normalized spacial score (nSPS) is 28.3. The maximum atomic E-state index is 8.97. The molecule has 0 heterocycles. The van der Waals surface area contributed by atoms with Gasteiger partial charge in [0, 0.05) is 0 Å². The summed E-state index contributed by atoms with van der Waals surface area (Å²) in [6.45, 7) is -5.64. The Kier molecular flexibility index (Phi) is 37.7. The van der Waals surface area contributed by atoms with Gasteiger partial charge in [-0.15, -0.1) is 0 Å². The summed E-state index contributed by atoms with van der Waals surface area (Å²) >= 11 is 0. The minimum atomic E-state index is -1.67. The third kappa shape index (κ3) is 23.2. The summed E-state index contributed by atoms with van der Waals surface area (Å²) < 4.78 is 0. The molecule has 0 bridgehead atoms. The first-order chi connectivity index (χ1) is 26.7. The Morgan fingerprint density at radius 2 is 0.276 bits per heavy atom. The summed E-state index contributed by atoms with van der Waals surface area (Å²) in [5.74, 6) is 0. The van der Waals surface area contributed by atoms with E-state index in [4.69, 9.17) is 148 Å². The molecule has 1 fully saturated rings. The zero-order chi connectivity index (χ0) is 46.8. The van der Waals surface area contributed by atoms with E-state index in [0.29, 0.717) is 0 Å².